The van der Waals surface area contributed by atoms with Crippen LogP contribution in [0.3, 0.4) is 0 Å². The van der Waals surface area contributed by atoms with Crippen molar-refractivity contribution >= 4 is 8.80 Å². The zero-order chi connectivity index (χ0) is 36.5. The van der Waals surface area contributed by atoms with Gasteiger partial charge >= 0.3 is 26.4 Å². The number of benzene rings is 3. The fourth-order valence-corrected chi connectivity index (χ4v) is 5.43. The fraction of sp³-hybridized carbons (Fsp3) is 0.143. The molecule has 3 nitrogen and oxygen atoms in total. The first-order valence-corrected chi connectivity index (χ1v) is 12.4. The van der Waals surface area contributed by atoms with Gasteiger partial charge in [0.15, 0.2) is 17.2 Å². The summed E-state index contributed by atoms with van der Waals surface area (Å²) in [5, 5.41) is 0. The summed E-state index contributed by atoms with van der Waals surface area (Å²) in [6.45, 7) is 0. The Kier molecular flexibility index (Phi) is 9.31. The average molecular weight is 746 g/mol. The molecule has 0 atom stereocenters. The van der Waals surface area contributed by atoms with Crippen LogP contribution in [0.2, 0.25) is 0 Å². The maximum Gasteiger partial charge on any atom is 0.781 e. The van der Waals surface area contributed by atoms with Crippen LogP contribution in [0, 0.1) is 87.3 Å². The van der Waals surface area contributed by atoms with Crippen LogP contribution in [0.1, 0.15) is 0 Å². The van der Waals surface area contributed by atoms with Gasteiger partial charge in [-0.1, -0.05) is 0 Å². The molecule has 0 fully saturated rings. The number of hydrogen-bond acceptors (Lipinski definition) is 3. The molecule has 0 radical (unpaired) electrons. The Morgan fingerprint density at radius 2 is 0.468 bits per heavy atom. The van der Waals surface area contributed by atoms with Gasteiger partial charge in [-0.25, -0.2) is 39.5 Å². The summed E-state index contributed by atoms with van der Waals surface area (Å²) in [5.41, 5.74) is -8.04. The number of alkyl halides is 7. The molecule has 26 heteroatoms. The lowest BCUT2D eigenvalue weighted by Crippen LogP contribution is -2.76. The topological polar surface area (TPSA) is 27.7 Å². The van der Waals surface area contributed by atoms with Gasteiger partial charge in [0.05, 0.1) is 0 Å². The van der Waals surface area contributed by atoms with Crippen LogP contribution in [0.15, 0.2) is 0 Å². The molecule has 0 bridgehead atoms. The van der Waals surface area contributed by atoms with Crippen molar-refractivity contribution in [3.05, 3.63) is 87.3 Å². The van der Waals surface area contributed by atoms with Crippen LogP contribution in [0.25, 0.3) is 0 Å². The molecule has 0 spiro atoms. The molecule has 0 aliphatic rings. The molecule has 47 heavy (non-hydrogen) atoms. The van der Waals surface area contributed by atoms with E-state index in [1.165, 1.54) is 0 Å². The van der Waals surface area contributed by atoms with Crippen molar-refractivity contribution in [2.45, 2.75) is 17.6 Å². The van der Waals surface area contributed by atoms with Gasteiger partial charge in [0.2, 0.25) is 87.3 Å². The van der Waals surface area contributed by atoms with Gasteiger partial charge in [-0.2, -0.15) is 57.1 Å². The summed E-state index contributed by atoms with van der Waals surface area (Å²) in [6, 6.07) is 0. The zero-order valence-corrected chi connectivity index (χ0v) is 21.5. The third kappa shape index (κ3) is 5.47. The molecule has 0 saturated heterocycles. The Balaban J connectivity index is 2.67. The minimum absolute atomic E-state index is 3.30. The lowest BCUT2D eigenvalue weighted by molar-refractivity contribution is -0.342. The van der Waals surface area contributed by atoms with Crippen molar-refractivity contribution in [2.75, 3.05) is 0 Å². The van der Waals surface area contributed by atoms with E-state index < -0.39 is 131 Å². The summed E-state index contributed by atoms with van der Waals surface area (Å²) in [7, 11) is -9.48. The highest BCUT2D eigenvalue weighted by molar-refractivity contribution is 6.66. The summed E-state index contributed by atoms with van der Waals surface area (Å²) < 4.78 is 318. The van der Waals surface area contributed by atoms with Crippen LogP contribution in [-0.2, 0) is 0 Å². The van der Waals surface area contributed by atoms with E-state index in [9.17, 15) is 87.8 Å². The second-order valence-electron chi connectivity index (χ2n) is 8.21. The quantitative estimate of drug-likeness (QED) is 0.100. The maximum atomic E-state index is 15.4. The van der Waals surface area contributed by atoms with E-state index in [0.29, 0.717) is 0 Å². The normalized spacial score (nSPS) is 12.9. The third-order valence-corrected chi connectivity index (χ3v) is 7.85. The highest BCUT2D eigenvalue weighted by atomic mass is 28.4. The Labute approximate surface area is 241 Å². The Morgan fingerprint density at radius 3 is 0.638 bits per heavy atom. The van der Waals surface area contributed by atoms with E-state index in [2.05, 4.69) is 13.3 Å². The third-order valence-electron chi connectivity index (χ3n) is 5.35. The van der Waals surface area contributed by atoms with Gasteiger partial charge in [0, 0.05) is 0 Å². The van der Waals surface area contributed by atoms with E-state index in [1.54, 1.807) is 0 Å². The van der Waals surface area contributed by atoms with Crippen molar-refractivity contribution in [3.63, 3.8) is 0 Å². The predicted molar refractivity (Wildman–Crippen MR) is 102 cm³/mol. The minimum Gasteiger partial charge on any atom is -0.474 e. The second kappa shape index (κ2) is 11.8. The molecule has 0 aliphatic heterocycles. The molecule has 3 aromatic carbocycles. The molecule has 0 aliphatic carbocycles. The van der Waals surface area contributed by atoms with Gasteiger partial charge in [-0.3, -0.25) is 0 Å². The smallest absolute Gasteiger partial charge is 0.474 e. The number of rotatable bonds is 8. The highest BCUT2D eigenvalue weighted by Gasteiger charge is 2.90. The largest absolute Gasteiger partial charge is 0.781 e. The van der Waals surface area contributed by atoms with Crippen LogP contribution in [0.4, 0.5) is 96.6 Å². The fourth-order valence-electron chi connectivity index (χ4n) is 3.05. The summed E-state index contributed by atoms with van der Waals surface area (Å²) in [5.74, 6) is -71.8. The van der Waals surface area contributed by atoms with Gasteiger partial charge in [0.1, 0.15) is 0 Å². The minimum atomic E-state index is -9.48. The van der Waals surface area contributed by atoms with Crippen molar-refractivity contribution in [2.24, 2.45) is 0 Å². The molecule has 0 unspecified atom stereocenters. The Morgan fingerprint density at radius 1 is 0.298 bits per heavy atom. The van der Waals surface area contributed by atoms with Crippen LogP contribution in [-0.4, -0.2) is 26.4 Å². The first-order valence-electron chi connectivity index (χ1n) is 10.6. The molecule has 3 rings (SSSR count). The Bertz CT molecular complexity index is 1510. The van der Waals surface area contributed by atoms with Gasteiger partial charge in [-0.15, -0.1) is 0 Å². The molecule has 260 valence electrons. The predicted octanol–water partition coefficient (Wildman–Crippen LogP) is 8.62. The summed E-state index contributed by atoms with van der Waals surface area (Å²) in [4.78, 5) is 0. The maximum absolute atomic E-state index is 15.4. The van der Waals surface area contributed by atoms with Gasteiger partial charge < -0.3 is 13.3 Å². The molecule has 0 amide bonds. The SMILES string of the molecule is Fc1c(F)c(F)c(O[Si](Oc2c(F)c(F)c(F)c(F)c2F)(Oc2c(F)c(F)c(F)c(F)c2F)C(F)(F)C(F)(F)C(F)(F)F)c(F)c1F. The van der Waals surface area contributed by atoms with E-state index >= 15 is 8.78 Å². The second-order valence-corrected chi connectivity index (χ2v) is 10.6. The molecule has 3 aromatic rings. The van der Waals surface area contributed by atoms with E-state index in [-0.39, 0.29) is 0 Å². The number of halogens is 22. The molecule has 0 heterocycles. The highest BCUT2D eigenvalue weighted by Crippen LogP contribution is 2.53. The first-order chi connectivity index (χ1) is 21.2. The Hall–Kier alpha value is -4.26. The summed E-state index contributed by atoms with van der Waals surface area (Å²) in [6.07, 6.45) is -7.87. The molecular formula is C21F22O3Si. The van der Waals surface area contributed by atoms with Crippen LogP contribution in [0.5, 0.6) is 17.2 Å². The molecule has 0 aromatic heterocycles. The number of hydrogen-bond donors (Lipinski definition) is 0. The average Bonchev–Trinajstić information content (AvgIpc) is 3.00. The van der Waals surface area contributed by atoms with E-state index in [4.69, 9.17) is 0 Å². The zero-order valence-electron chi connectivity index (χ0n) is 20.5. The molecular weight excluding hydrogens is 746 g/mol. The van der Waals surface area contributed by atoms with Crippen molar-refractivity contribution in [1.82, 2.24) is 0 Å². The molecule has 0 saturated carbocycles. The first kappa shape index (κ1) is 37.2. The summed E-state index contributed by atoms with van der Waals surface area (Å²) >= 11 is 0. The lowest BCUT2D eigenvalue weighted by atomic mass is 10.3. The standard InChI is InChI=1S/C21F22O3Si/c22-1-4(25)10(31)16(11(32)5(1)26)44-47(21(42,43)19(37,38)20(39,40)41,45-17-12(33)6(27)2(23)7(28)13(17)34)46-18-14(35)8(29)3(24)9(30)15(18)36. The lowest BCUT2D eigenvalue weighted by Gasteiger charge is -2.38. The van der Waals surface area contributed by atoms with Crippen LogP contribution >= 0.6 is 0 Å². The van der Waals surface area contributed by atoms with Crippen molar-refractivity contribution in [1.29, 1.82) is 0 Å². The van der Waals surface area contributed by atoms with E-state index in [1.807, 2.05) is 0 Å². The van der Waals surface area contributed by atoms with E-state index in [0.717, 1.165) is 0 Å². The van der Waals surface area contributed by atoms with Gasteiger partial charge in [-0.05, 0) is 0 Å². The van der Waals surface area contributed by atoms with Crippen molar-refractivity contribution < 1.29 is 110 Å². The molecule has 0 N–H and O–H groups in total. The van der Waals surface area contributed by atoms with Gasteiger partial charge in [0.25, 0.3) is 0 Å². The monoisotopic (exact) mass is 746 g/mol. The van der Waals surface area contributed by atoms with Crippen molar-refractivity contribution in [3.8, 4) is 17.2 Å². The van der Waals surface area contributed by atoms with Crippen LogP contribution < -0.4 is 13.3 Å².